The number of anilines is 1. The van der Waals surface area contributed by atoms with Gasteiger partial charge in [-0.3, -0.25) is 4.79 Å². The second-order valence-corrected chi connectivity index (χ2v) is 5.71. The van der Waals surface area contributed by atoms with E-state index in [1.165, 1.54) is 18.5 Å². The molecule has 2 aromatic carbocycles. The Morgan fingerprint density at radius 1 is 1.00 bits per heavy atom. The van der Waals surface area contributed by atoms with Crippen molar-refractivity contribution in [2.24, 2.45) is 0 Å². The molecule has 0 radical (unpaired) electrons. The molecule has 2 N–H and O–H groups in total. The SMILES string of the molecule is O=C(Nc1ncnc(Oc2ccc(O)cc2)c1Cl)c1ccc(Cl)cc1. The zero-order valence-corrected chi connectivity index (χ0v) is 14.1. The maximum absolute atomic E-state index is 12.2. The number of phenols is 1. The fourth-order valence-corrected chi connectivity index (χ4v) is 2.23. The van der Waals surface area contributed by atoms with Gasteiger partial charge in [0.05, 0.1) is 0 Å². The first kappa shape index (κ1) is 17.0. The van der Waals surface area contributed by atoms with Gasteiger partial charge in [0.15, 0.2) is 5.82 Å². The monoisotopic (exact) mass is 375 g/mol. The number of aromatic nitrogens is 2. The van der Waals surface area contributed by atoms with Crippen molar-refractivity contribution in [1.82, 2.24) is 9.97 Å². The molecule has 0 bridgehead atoms. The lowest BCUT2D eigenvalue weighted by atomic mass is 10.2. The van der Waals surface area contributed by atoms with Crippen LogP contribution in [-0.4, -0.2) is 21.0 Å². The molecule has 3 rings (SSSR count). The number of carbonyl (C=O) groups excluding carboxylic acids is 1. The van der Waals surface area contributed by atoms with E-state index in [0.29, 0.717) is 16.3 Å². The molecule has 0 aliphatic heterocycles. The van der Waals surface area contributed by atoms with Gasteiger partial charge in [-0.05, 0) is 48.5 Å². The molecule has 3 aromatic rings. The minimum Gasteiger partial charge on any atom is -0.508 e. The van der Waals surface area contributed by atoms with Gasteiger partial charge >= 0.3 is 0 Å². The zero-order chi connectivity index (χ0) is 17.8. The van der Waals surface area contributed by atoms with Gasteiger partial charge in [0.25, 0.3) is 5.91 Å². The van der Waals surface area contributed by atoms with Gasteiger partial charge < -0.3 is 15.2 Å². The third-order valence-electron chi connectivity index (χ3n) is 3.15. The first-order chi connectivity index (χ1) is 12.0. The van der Waals surface area contributed by atoms with Crippen molar-refractivity contribution in [2.75, 3.05) is 5.32 Å². The topological polar surface area (TPSA) is 84.3 Å². The molecule has 0 spiro atoms. The summed E-state index contributed by atoms with van der Waals surface area (Å²) in [6, 6.07) is 12.4. The number of benzene rings is 2. The van der Waals surface area contributed by atoms with Crippen molar-refractivity contribution in [3.8, 4) is 17.4 Å². The maximum atomic E-state index is 12.2. The fraction of sp³-hybridized carbons (Fsp3) is 0. The molecule has 1 amide bonds. The number of aromatic hydroxyl groups is 1. The second-order valence-electron chi connectivity index (χ2n) is 4.90. The van der Waals surface area contributed by atoms with Crippen LogP contribution < -0.4 is 10.1 Å². The number of ether oxygens (including phenoxy) is 1. The molecule has 0 aliphatic carbocycles. The first-order valence-electron chi connectivity index (χ1n) is 7.07. The number of nitrogens with zero attached hydrogens (tertiary/aromatic N) is 2. The predicted octanol–water partition coefficient (Wildman–Crippen LogP) is 4.53. The van der Waals surface area contributed by atoms with Gasteiger partial charge in [-0.15, -0.1) is 0 Å². The summed E-state index contributed by atoms with van der Waals surface area (Å²) in [7, 11) is 0. The van der Waals surface area contributed by atoms with Crippen molar-refractivity contribution in [2.45, 2.75) is 0 Å². The summed E-state index contributed by atoms with van der Waals surface area (Å²) in [4.78, 5) is 20.2. The molecular formula is C17H11Cl2N3O3. The Labute approximate surface area is 153 Å². The molecule has 25 heavy (non-hydrogen) atoms. The molecule has 0 fully saturated rings. The third-order valence-corrected chi connectivity index (χ3v) is 3.74. The maximum Gasteiger partial charge on any atom is 0.256 e. The van der Waals surface area contributed by atoms with Crippen molar-refractivity contribution in [3.05, 3.63) is 70.5 Å². The number of nitrogens with one attached hydrogen (secondary N) is 1. The van der Waals surface area contributed by atoms with Crippen LogP contribution in [-0.2, 0) is 0 Å². The molecule has 1 heterocycles. The van der Waals surface area contributed by atoms with Crippen LogP contribution in [0.5, 0.6) is 17.4 Å². The quantitative estimate of drug-likeness (QED) is 0.699. The molecule has 1 aromatic heterocycles. The van der Waals surface area contributed by atoms with E-state index >= 15 is 0 Å². The summed E-state index contributed by atoms with van der Waals surface area (Å²) < 4.78 is 5.54. The van der Waals surface area contributed by atoms with Crippen molar-refractivity contribution >= 4 is 34.9 Å². The van der Waals surface area contributed by atoms with E-state index in [0.717, 1.165) is 0 Å². The van der Waals surface area contributed by atoms with Crippen molar-refractivity contribution in [1.29, 1.82) is 0 Å². The van der Waals surface area contributed by atoms with Crippen LogP contribution in [0.4, 0.5) is 5.82 Å². The summed E-state index contributed by atoms with van der Waals surface area (Å²) in [5, 5.41) is 12.5. The molecule has 8 heteroatoms. The van der Waals surface area contributed by atoms with Crippen LogP contribution in [0.25, 0.3) is 0 Å². The summed E-state index contributed by atoms with van der Waals surface area (Å²) >= 11 is 12.0. The lowest BCUT2D eigenvalue weighted by Crippen LogP contribution is -2.13. The lowest BCUT2D eigenvalue weighted by Gasteiger charge is -2.10. The van der Waals surface area contributed by atoms with E-state index in [-0.39, 0.29) is 22.5 Å². The van der Waals surface area contributed by atoms with Crippen LogP contribution in [0.1, 0.15) is 10.4 Å². The lowest BCUT2D eigenvalue weighted by molar-refractivity contribution is 0.102. The van der Waals surface area contributed by atoms with Gasteiger partial charge in [0.2, 0.25) is 5.88 Å². The summed E-state index contributed by atoms with van der Waals surface area (Å²) in [5.41, 5.74) is 0.403. The van der Waals surface area contributed by atoms with E-state index < -0.39 is 5.91 Å². The molecule has 0 unspecified atom stereocenters. The number of rotatable bonds is 4. The minimum absolute atomic E-state index is 0.0536. The third kappa shape index (κ3) is 4.17. The molecular weight excluding hydrogens is 365 g/mol. The average molecular weight is 376 g/mol. The fourth-order valence-electron chi connectivity index (χ4n) is 1.92. The number of hydrogen-bond acceptors (Lipinski definition) is 5. The Balaban J connectivity index is 1.79. The van der Waals surface area contributed by atoms with Gasteiger partial charge in [-0.25, -0.2) is 4.98 Å². The van der Waals surface area contributed by atoms with Crippen molar-refractivity contribution in [3.63, 3.8) is 0 Å². The molecule has 0 aliphatic rings. The highest BCUT2D eigenvalue weighted by Crippen LogP contribution is 2.32. The Hall–Kier alpha value is -2.83. The molecule has 6 nitrogen and oxygen atoms in total. The minimum atomic E-state index is -0.396. The number of phenolic OH excluding ortho intramolecular Hbond substituents is 1. The number of hydrogen-bond donors (Lipinski definition) is 2. The van der Waals surface area contributed by atoms with E-state index in [9.17, 15) is 9.90 Å². The highest BCUT2D eigenvalue weighted by atomic mass is 35.5. The van der Waals surface area contributed by atoms with Crippen LogP contribution in [0.15, 0.2) is 54.9 Å². The van der Waals surface area contributed by atoms with Crippen LogP contribution in [0.3, 0.4) is 0 Å². The predicted molar refractivity (Wildman–Crippen MR) is 94.6 cm³/mol. The summed E-state index contributed by atoms with van der Waals surface area (Å²) in [5.74, 6) is 0.331. The van der Waals surface area contributed by atoms with Crippen LogP contribution in [0, 0.1) is 0 Å². The highest BCUT2D eigenvalue weighted by Gasteiger charge is 2.15. The number of halogens is 2. The molecule has 126 valence electrons. The number of amides is 1. The van der Waals surface area contributed by atoms with E-state index in [1.807, 2.05) is 0 Å². The normalized spacial score (nSPS) is 10.3. The molecule has 0 saturated carbocycles. The van der Waals surface area contributed by atoms with Gasteiger partial charge in [0.1, 0.15) is 22.8 Å². The van der Waals surface area contributed by atoms with Crippen LogP contribution in [0.2, 0.25) is 10.0 Å². The smallest absolute Gasteiger partial charge is 0.256 e. The summed E-state index contributed by atoms with van der Waals surface area (Å²) in [6.07, 6.45) is 1.22. The Morgan fingerprint density at radius 3 is 2.36 bits per heavy atom. The Bertz CT molecular complexity index is 900. The van der Waals surface area contributed by atoms with E-state index in [2.05, 4.69) is 15.3 Å². The van der Waals surface area contributed by atoms with Crippen LogP contribution >= 0.6 is 23.2 Å². The van der Waals surface area contributed by atoms with E-state index in [4.69, 9.17) is 27.9 Å². The van der Waals surface area contributed by atoms with Gasteiger partial charge in [0, 0.05) is 10.6 Å². The average Bonchev–Trinajstić information content (AvgIpc) is 2.61. The van der Waals surface area contributed by atoms with Gasteiger partial charge in [-0.1, -0.05) is 23.2 Å². The Morgan fingerprint density at radius 2 is 1.68 bits per heavy atom. The van der Waals surface area contributed by atoms with Gasteiger partial charge in [-0.2, -0.15) is 4.98 Å². The number of carbonyl (C=O) groups is 1. The molecule has 0 atom stereocenters. The zero-order valence-electron chi connectivity index (χ0n) is 12.6. The van der Waals surface area contributed by atoms with E-state index in [1.54, 1.807) is 36.4 Å². The second kappa shape index (κ2) is 7.38. The highest BCUT2D eigenvalue weighted by molar-refractivity contribution is 6.34. The summed E-state index contributed by atoms with van der Waals surface area (Å²) in [6.45, 7) is 0. The largest absolute Gasteiger partial charge is 0.508 e. The first-order valence-corrected chi connectivity index (χ1v) is 7.83. The Kier molecular flexibility index (Phi) is 5.02. The van der Waals surface area contributed by atoms with Crippen molar-refractivity contribution < 1.29 is 14.6 Å². The standard InChI is InChI=1S/C17H11Cl2N3O3/c18-11-3-1-10(2-4-11)16(24)22-15-14(19)17(21-9-20-15)25-13-7-5-12(23)6-8-13/h1-9,23H,(H,20,21,22,24). The molecule has 0 saturated heterocycles.